The van der Waals surface area contributed by atoms with Gasteiger partial charge in [0.1, 0.15) is 0 Å². The largest absolute Gasteiger partial charge is 0.320 e. The molecule has 2 aromatic rings. The molecule has 2 N–H and O–H groups in total. The van der Waals surface area contributed by atoms with E-state index >= 15 is 0 Å². The molecule has 1 aromatic heterocycles. The predicted octanol–water partition coefficient (Wildman–Crippen LogP) is 2.57. The van der Waals surface area contributed by atoms with Crippen LogP contribution in [0.3, 0.4) is 0 Å². The predicted molar refractivity (Wildman–Crippen MR) is 69.8 cm³/mol. The first-order valence-corrected chi connectivity index (χ1v) is 5.97. The van der Waals surface area contributed by atoms with E-state index in [0.717, 1.165) is 12.1 Å². The standard InChI is InChI=1S/C14H19N3/c1-4-17-9-12(8-16-17)14(15)13-10(2)6-5-7-11(13)3/h5-9,14H,4,15H2,1-3H3. The fourth-order valence-corrected chi connectivity index (χ4v) is 2.20. The van der Waals surface area contributed by atoms with Crippen molar-refractivity contribution in [1.29, 1.82) is 0 Å². The van der Waals surface area contributed by atoms with Crippen LogP contribution in [-0.4, -0.2) is 9.78 Å². The van der Waals surface area contributed by atoms with Gasteiger partial charge in [-0.3, -0.25) is 4.68 Å². The van der Waals surface area contributed by atoms with Gasteiger partial charge >= 0.3 is 0 Å². The molecular formula is C14H19N3. The Bertz CT molecular complexity index is 494. The van der Waals surface area contributed by atoms with Gasteiger partial charge in [-0.15, -0.1) is 0 Å². The number of hydrogen-bond donors (Lipinski definition) is 1. The second-order valence-corrected chi connectivity index (χ2v) is 4.41. The Morgan fingerprint density at radius 1 is 1.29 bits per heavy atom. The molecule has 1 heterocycles. The van der Waals surface area contributed by atoms with Crippen LogP contribution >= 0.6 is 0 Å². The van der Waals surface area contributed by atoms with Crippen molar-refractivity contribution >= 4 is 0 Å². The minimum absolute atomic E-state index is 0.0866. The van der Waals surface area contributed by atoms with Crippen molar-refractivity contribution in [2.45, 2.75) is 33.4 Å². The Balaban J connectivity index is 2.39. The maximum absolute atomic E-state index is 6.33. The van der Waals surface area contributed by atoms with Gasteiger partial charge < -0.3 is 5.73 Å². The van der Waals surface area contributed by atoms with E-state index < -0.39 is 0 Å². The molecule has 2 rings (SSSR count). The molecule has 0 fully saturated rings. The average Bonchev–Trinajstić information content (AvgIpc) is 2.77. The first kappa shape index (κ1) is 11.9. The lowest BCUT2D eigenvalue weighted by Gasteiger charge is -2.16. The summed E-state index contributed by atoms with van der Waals surface area (Å²) < 4.78 is 1.91. The molecule has 3 nitrogen and oxygen atoms in total. The molecule has 0 bridgehead atoms. The molecule has 3 heteroatoms. The molecular weight excluding hydrogens is 210 g/mol. The Labute approximate surface area is 102 Å². The minimum Gasteiger partial charge on any atom is -0.320 e. The third-order valence-corrected chi connectivity index (χ3v) is 3.19. The highest BCUT2D eigenvalue weighted by atomic mass is 15.3. The second-order valence-electron chi connectivity index (χ2n) is 4.41. The van der Waals surface area contributed by atoms with Crippen molar-refractivity contribution in [3.05, 3.63) is 52.8 Å². The van der Waals surface area contributed by atoms with Crippen molar-refractivity contribution in [1.82, 2.24) is 9.78 Å². The lowest BCUT2D eigenvalue weighted by Crippen LogP contribution is -2.14. The monoisotopic (exact) mass is 229 g/mol. The average molecular weight is 229 g/mol. The fraction of sp³-hybridized carbons (Fsp3) is 0.357. The lowest BCUT2D eigenvalue weighted by molar-refractivity contribution is 0.658. The first-order chi connectivity index (χ1) is 8.13. The summed E-state index contributed by atoms with van der Waals surface area (Å²) in [5, 5.41) is 4.28. The van der Waals surface area contributed by atoms with Crippen LogP contribution in [-0.2, 0) is 6.54 Å². The molecule has 17 heavy (non-hydrogen) atoms. The van der Waals surface area contributed by atoms with Crippen LogP contribution in [0.15, 0.2) is 30.6 Å². The molecule has 0 saturated carbocycles. The highest BCUT2D eigenvalue weighted by Crippen LogP contribution is 2.25. The number of aryl methyl sites for hydroxylation is 3. The number of hydrogen-bond acceptors (Lipinski definition) is 2. The topological polar surface area (TPSA) is 43.8 Å². The molecule has 1 aromatic carbocycles. The summed E-state index contributed by atoms with van der Waals surface area (Å²) in [4.78, 5) is 0. The number of rotatable bonds is 3. The van der Waals surface area contributed by atoms with Gasteiger partial charge in [-0.2, -0.15) is 5.10 Å². The van der Waals surface area contributed by atoms with Crippen LogP contribution in [0.5, 0.6) is 0 Å². The molecule has 0 aliphatic rings. The normalized spacial score (nSPS) is 12.7. The molecule has 1 unspecified atom stereocenters. The Morgan fingerprint density at radius 3 is 2.47 bits per heavy atom. The highest BCUT2D eigenvalue weighted by Gasteiger charge is 2.15. The summed E-state index contributed by atoms with van der Waals surface area (Å²) in [5.74, 6) is 0. The fourth-order valence-electron chi connectivity index (χ4n) is 2.20. The highest BCUT2D eigenvalue weighted by molar-refractivity contribution is 5.40. The summed E-state index contributed by atoms with van der Waals surface area (Å²) in [6.07, 6.45) is 3.89. The zero-order valence-corrected chi connectivity index (χ0v) is 10.6. The van der Waals surface area contributed by atoms with E-state index in [0.29, 0.717) is 0 Å². The first-order valence-electron chi connectivity index (χ1n) is 5.97. The Morgan fingerprint density at radius 2 is 1.94 bits per heavy atom. The SMILES string of the molecule is CCn1cc(C(N)c2c(C)cccc2C)cn1. The van der Waals surface area contributed by atoms with Gasteiger partial charge in [0, 0.05) is 18.3 Å². The number of benzene rings is 1. The van der Waals surface area contributed by atoms with E-state index in [1.54, 1.807) is 0 Å². The van der Waals surface area contributed by atoms with Crippen LogP contribution in [0, 0.1) is 13.8 Å². The summed E-state index contributed by atoms with van der Waals surface area (Å²) in [5.41, 5.74) is 11.1. The van der Waals surface area contributed by atoms with E-state index in [1.165, 1.54) is 16.7 Å². The molecule has 0 amide bonds. The third kappa shape index (κ3) is 2.24. The van der Waals surface area contributed by atoms with Gasteiger partial charge in [-0.1, -0.05) is 18.2 Å². The molecule has 0 aliphatic heterocycles. The van der Waals surface area contributed by atoms with Crippen LogP contribution < -0.4 is 5.73 Å². The van der Waals surface area contributed by atoms with E-state index in [-0.39, 0.29) is 6.04 Å². The van der Waals surface area contributed by atoms with E-state index in [1.807, 2.05) is 17.1 Å². The quantitative estimate of drug-likeness (QED) is 0.879. The van der Waals surface area contributed by atoms with Gasteiger partial charge in [0.15, 0.2) is 0 Å². The Kier molecular flexibility index (Phi) is 3.29. The zero-order chi connectivity index (χ0) is 12.4. The molecule has 1 atom stereocenters. The summed E-state index contributed by atoms with van der Waals surface area (Å²) in [7, 11) is 0. The number of nitrogens with zero attached hydrogens (tertiary/aromatic N) is 2. The maximum atomic E-state index is 6.33. The molecule has 90 valence electrons. The van der Waals surface area contributed by atoms with E-state index in [9.17, 15) is 0 Å². The zero-order valence-electron chi connectivity index (χ0n) is 10.6. The van der Waals surface area contributed by atoms with Gasteiger partial charge in [-0.05, 0) is 37.5 Å². The molecule has 0 radical (unpaired) electrons. The number of nitrogens with two attached hydrogens (primary N) is 1. The van der Waals surface area contributed by atoms with E-state index in [4.69, 9.17) is 5.73 Å². The molecule has 0 spiro atoms. The summed E-state index contributed by atoms with van der Waals surface area (Å²) in [6, 6.07) is 6.19. The van der Waals surface area contributed by atoms with Crippen LogP contribution in [0.25, 0.3) is 0 Å². The number of aromatic nitrogens is 2. The van der Waals surface area contributed by atoms with Crippen molar-refractivity contribution in [2.24, 2.45) is 5.73 Å². The second kappa shape index (κ2) is 4.72. The van der Waals surface area contributed by atoms with Gasteiger partial charge in [0.05, 0.1) is 12.2 Å². The smallest absolute Gasteiger partial charge is 0.0588 e. The van der Waals surface area contributed by atoms with Gasteiger partial charge in [0.25, 0.3) is 0 Å². The Hall–Kier alpha value is -1.61. The minimum atomic E-state index is -0.0866. The van der Waals surface area contributed by atoms with Crippen molar-refractivity contribution in [3.63, 3.8) is 0 Å². The van der Waals surface area contributed by atoms with Crippen molar-refractivity contribution in [2.75, 3.05) is 0 Å². The van der Waals surface area contributed by atoms with E-state index in [2.05, 4.69) is 44.1 Å². The van der Waals surface area contributed by atoms with Crippen molar-refractivity contribution in [3.8, 4) is 0 Å². The van der Waals surface area contributed by atoms with Gasteiger partial charge in [-0.25, -0.2) is 0 Å². The maximum Gasteiger partial charge on any atom is 0.0588 e. The van der Waals surface area contributed by atoms with Crippen LogP contribution in [0.2, 0.25) is 0 Å². The molecule has 0 saturated heterocycles. The third-order valence-electron chi connectivity index (χ3n) is 3.19. The summed E-state index contributed by atoms with van der Waals surface area (Å²) in [6.45, 7) is 7.15. The lowest BCUT2D eigenvalue weighted by atomic mass is 9.93. The summed E-state index contributed by atoms with van der Waals surface area (Å²) >= 11 is 0. The van der Waals surface area contributed by atoms with Gasteiger partial charge in [0.2, 0.25) is 0 Å². The van der Waals surface area contributed by atoms with Crippen LogP contribution in [0.4, 0.5) is 0 Å². The van der Waals surface area contributed by atoms with Crippen molar-refractivity contribution < 1.29 is 0 Å². The molecule has 0 aliphatic carbocycles. The van der Waals surface area contributed by atoms with Crippen LogP contribution in [0.1, 0.15) is 35.2 Å².